The van der Waals surface area contributed by atoms with E-state index in [1.165, 1.54) is 18.2 Å². The fourth-order valence-corrected chi connectivity index (χ4v) is 2.24. The summed E-state index contributed by atoms with van der Waals surface area (Å²) < 4.78 is 22.7. The summed E-state index contributed by atoms with van der Waals surface area (Å²) in [7, 11) is -3.90. The summed E-state index contributed by atoms with van der Waals surface area (Å²) in [5.41, 5.74) is 0.0504. The molecule has 0 aliphatic carbocycles. The van der Waals surface area contributed by atoms with E-state index >= 15 is 0 Å². The highest BCUT2D eigenvalue weighted by atomic mass is 35.5. The van der Waals surface area contributed by atoms with Gasteiger partial charge in [-0.2, -0.15) is 0 Å². The van der Waals surface area contributed by atoms with Gasteiger partial charge in [0.25, 0.3) is 5.91 Å². The van der Waals surface area contributed by atoms with Crippen LogP contribution in [0.3, 0.4) is 0 Å². The van der Waals surface area contributed by atoms with Crippen molar-refractivity contribution >= 4 is 27.5 Å². The van der Waals surface area contributed by atoms with Crippen LogP contribution in [0, 0.1) is 5.41 Å². The lowest BCUT2D eigenvalue weighted by molar-refractivity contribution is 0.0910. The molecule has 112 valence electrons. The molecule has 0 radical (unpaired) electrons. The number of primary sulfonamides is 1. The van der Waals surface area contributed by atoms with E-state index in [9.17, 15) is 13.2 Å². The number of nitrogens with one attached hydrogen (secondary N) is 1. The molecule has 0 fully saturated rings. The predicted molar refractivity (Wildman–Crippen MR) is 79.2 cm³/mol. The molecule has 1 unspecified atom stereocenters. The van der Waals surface area contributed by atoms with Gasteiger partial charge in [0.1, 0.15) is 0 Å². The summed E-state index contributed by atoms with van der Waals surface area (Å²) >= 11 is 5.83. The number of halogens is 1. The summed E-state index contributed by atoms with van der Waals surface area (Å²) in [5, 5.41) is 8.00. The lowest BCUT2D eigenvalue weighted by atomic mass is 9.88. The van der Waals surface area contributed by atoms with Crippen molar-refractivity contribution in [1.82, 2.24) is 5.32 Å². The first kappa shape index (κ1) is 16.9. The summed E-state index contributed by atoms with van der Waals surface area (Å²) in [6.07, 6.45) is 0. The quantitative estimate of drug-likeness (QED) is 0.894. The smallest absolute Gasteiger partial charge is 0.251 e. The van der Waals surface area contributed by atoms with Crippen molar-refractivity contribution in [3.63, 3.8) is 0 Å². The third-order valence-electron chi connectivity index (χ3n) is 3.11. The molecule has 1 amide bonds. The minimum absolute atomic E-state index is 0.0908. The molecule has 0 saturated heterocycles. The summed E-state index contributed by atoms with van der Waals surface area (Å²) in [6.45, 7) is 7.85. The second kappa shape index (κ2) is 5.71. The molecule has 1 aromatic rings. The normalized spacial score (nSPS) is 13.9. The van der Waals surface area contributed by atoms with Gasteiger partial charge in [0.15, 0.2) is 0 Å². The zero-order chi connectivity index (χ0) is 15.7. The van der Waals surface area contributed by atoms with Crippen LogP contribution in [0.5, 0.6) is 0 Å². The second-order valence-electron chi connectivity index (χ2n) is 5.78. The molecule has 0 bridgehead atoms. The zero-order valence-electron chi connectivity index (χ0n) is 11.9. The molecule has 7 heteroatoms. The molecule has 1 rings (SSSR count). The molecule has 0 saturated carbocycles. The standard InChI is InChI=1S/C13H19ClN2O3S/c1-8(13(2,3)4)16-12(17)9-5-10(14)7-11(6-9)20(15,18)19/h5-8H,1-4H3,(H,16,17)(H2,15,18,19). The fraction of sp³-hybridized carbons (Fsp3) is 0.462. The molecule has 0 heterocycles. The number of nitrogens with two attached hydrogens (primary N) is 1. The average Bonchev–Trinajstić information content (AvgIpc) is 2.25. The third kappa shape index (κ3) is 4.47. The van der Waals surface area contributed by atoms with Crippen molar-refractivity contribution in [3.05, 3.63) is 28.8 Å². The van der Waals surface area contributed by atoms with E-state index in [4.69, 9.17) is 16.7 Å². The monoisotopic (exact) mass is 318 g/mol. The number of carbonyl (C=O) groups excluding carboxylic acids is 1. The van der Waals surface area contributed by atoms with Crippen LogP contribution in [0.2, 0.25) is 5.02 Å². The lowest BCUT2D eigenvalue weighted by Gasteiger charge is -2.28. The Balaban J connectivity index is 3.09. The molecule has 1 aromatic carbocycles. The van der Waals surface area contributed by atoms with Crippen molar-refractivity contribution in [1.29, 1.82) is 0 Å². The number of hydrogen-bond donors (Lipinski definition) is 2. The Kier molecular flexibility index (Phi) is 4.84. The van der Waals surface area contributed by atoms with Gasteiger partial charge >= 0.3 is 0 Å². The Morgan fingerprint density at radius 1 is 1.30 bits per heavy atom. The maximum absolute atomic E-state index is 12.1. The highest BCUT2D eigenvalue weighted by molar-refractivity contribution is 7.89. The van der Waals surface area contributed by atoms with Gasteiger partial charge in [-0.3, -0.25) is 4.79 Å². The van der Waals surface area contributed by atoms with Gasteiger partial charge in [-0.05, 0) is 30.5 Å². The summed E-state index contributed by atoms with van der Waals surface area (Å²) in [6, 6.07) is 3.74. The van der Waals surface area contributed by atoms with Gasteiger partial charge < -0.3 is 5.32 Å². The van der Waals surface area contributed by atoms with Crippen molar-refractivity contribution in [2.24, 2.45) is 10.6 Å². The Labute approximate surface area is 124 Å². The zero-order valence-corrected chi connectivity index (χ0v) is 13.5. The van der Waals surface area contributed by atoms with Crippen LogP contribution in [0.1, 0.15) is 38.1 Å². The van der Waals surface area contributed by atoms with Gasteiger partial charge in [0, 0.05) is 16.6 Å². The van der Waals surface area contributed by atoms with Gasteiger partial charge in [0.2, 0.25) is 10.0 Å². The SMILES string of the molecule is CC(NC(=O)c1cc(Cl)cc(S(N)(=O)=O)c1)C(C)(C)C. The van der Waals surface area contributed by atoms with Crippen LogP contribution >= 0.6 is 11.6 Å². The molecule has 5 nitrogen and oxygen atoms in total. The van der Waals surface area contributed by atoms with Crippen LogP contribution in [0.4, 0.5) is 0 Å². The first-order valence-corrected chi connectivity index (χ1v) is 7.98. The molecule has 0 aliphatic rings. The molecule has 0 spiro atoms. The Morgan fingerprint density at radius 3 is 2.30 bits per heavy atom. The highest BCUT2D eigenvalue weighted by Crippen LogP contribution is 2.21. The number of sulfonamides is 1. The Bertz CT molecular complexity index is 621. The fourth-order valence-electron chi connectivity index (χ4n) is 1.35. The van der Waals surface area contributed by atoms with E-state index in [0.29, 0.717) is 0 Å². The number of amides is 1. The predicted octanol–water partition coefficient (Wildman–Crippen LogP) is 2.15. The van der Waals surface area contributed by atoms with Crippen LogP contribution < -0.4 is 10.5 Å². The molecular formula is C13H19ClN2O3S. The van der Waals surface area contributed by atoms with E-state index in [1.807, 2.05) is 27.7 Å². The number of benzene rings is 1. The topological polar surface area (TPSA) is 89.3 Å². The molecule has 0 aromatic heterocycles. The third-order valence-corrected chi connectivity index (χ3v) is 4.22. The van der Waals surface area contributed by atoms with Crippen LogP contribution in [0.25, 0.3) is 0 Å². The first-order chi connectivity index (χ1) is 8.91. The van der Waals surface area contributed by atoms with E-state index in [0.717, 1.165) is 0 Å². The van der Waals surface area contributed by atoms with Gasteiger partial charge in [0.05, 0.1) is 4.90 Å². The van der Waals surface area contributed by atoms with Crippen LogP contribution in [0.15, 0.2) is 23.1 Å². The average molecular weight is 319 g/mol. The van der Waals surface area contributed by atoms with Crippen LogP contribution in [-0.2, 0) is 10.0 Å². The number of rotatable bonds is 3. The van der Waals surface area contributed by atoms with Crippen molar-refractivity contribution in [2.75, 3.05) is 0 Å². The maximum atomic E-state index is 12.1. The van der Waals surface area contributed by atoms with E-state index in [1.54, 1.807) is 0 Å². The Morgan fingerprint density at radius 2 is 1.85 bits per heavy atom. The van der Waals surface area contributed by atoms with E-state index < -0.39 is 10.0 Å². The maximum Gasteiger partial charge on any atom is 0.251 e. The van der Waals surface area contributed by atoms with Crippen LogP contribution in [-0.4, -0.2) is 20.4 Å². The number of hydrogen-bond acceptors (Lipinski definition) is 3. The van der Waals surface area contributed by atoms with Gasteiger partial charge in [-0.25, -0.2) is 13.6 Å². The molecule has 0 aliphatic heterocycles. The molecular weight excluding hydrogens is 300 g/mol. The van der Waals surface area contributed by atoms with Gasteiger partial charge in [-0.1, -0.05) is 32.4 Å². The molecule has 20 heavy (non-hydrogen) atoms. The highest BCUT2D eigenvalue weighted by Gasteiger charge is 2.23. The van der Waals surface area contributed by atoms with Gasteiger partial charge in [-0.15, -0.1) is 0 Å². The largest absolute Gasteiger partial charge is 0.349 e. The summed E-state index contributed by atoms with van der Waals surface area (Å²) in [4.78, 5) is 11.9. The minimum Gasteiger partial charge on any atom is -0.349 e. The van der Waals surface area contributed by atoms with E-state index in [-0.39, 0.29) is 32.8 Å². The first-order valence-electron chi connectivity index (χ1n) is 6.05. The number of carbonyl (C=O) groups is 1. The van der Waals surface area contributed by atoms with Crippen molar-refractivity contribution in [2.45, 2.75) is 38.6 Å². The second-order valence-corrected chi connectivity index (χ2v) is 7.78. The minimum atomic E-state index is -3.90. The Hall–Kier alpha value is -1.11. The van der Waals surface area contributed by atoms with Crippen molar-refractivity contribution < 1.29 is 13.2 Å². The van der Waals surface area contributed by atoms with Crippen molar-refractivity contribution in [3.8, 4) is 0 Å². The van der Waals surface area contributed by atoms with E-state index in [2.05, 4.69) is 5.32 Å². The molecule has 1 atom stereocenters. The lowest BCUT2D eigenvalue weighted by Crippen LogP contribution is -2.41. The molecule has 3 N–H and O–H groups in total. The summed E-state index contributed by atoms with van der Waals surface area (Å²) in [5.74, 6) is -0.389.